The third-order valence-corrected chi connectivity index (χ3v) is 2.80. The molecule has 1 fully saturated rings. The highest BCUT2D eigenvalue weighted by molar-refractivity contribution is 5.63. The van der Waals surface area contributed by atoms with Crippen molar-refractivity contribution < 1.29 is 4.74 Å². The van der Waals surface area contributed by atoms with Gasteiger partial charge in [-0.2, -0.15) is 0 Å². The van der Waals surface area contributed by atoms with E-state index in [1.54, 1.807) is 0 Å². The molecular formula is C12H19N3O. The Hall–Kier alpha value is -1.29. The minimum atomic E-state index is 0.240. The predicted molar refractivity (Wildman–Crippen MR) is 65.6 cm³/mol. The summed E-state index contributed by atoms with van der Waals surface area (Å²) in [5.74, 6) is 0.900. The first-order valence-electron chi connectivity index (χ1n) is 5.76. The molecule has 16 heavy (non-hydrogen) atoms. The van der Waals surface area contributed by atoms with Crippen molar-refractivity contribution >= 4 is 11.5 Å². The van der Waals surface area contributed by atoms with Gasteiger partial charge in [0.2, 0.25) is 0 Å². The molecule has 1 saturated heterocycles. The van der Waals surface area contributed by atoms with Crippen LogP contribution in [0.3, 0.4) is 0 Å². The highest BCUT2D eigenvalue weighted by Crippen LogP contribution is 2.22. The van der Waals surface area contributed by atoms with Crippen molar-refractivity contribution in [2.45, 2.75) is 26.4 Å². The van der Waals surface area contributed by atoms with Crippen LogP contribution in [0.4, 0.5) is 11.5 Å². The third-order valence-electron chi connectivity index (χ3n) is 2.80. The molecule has 2 rings (SSSR count). The number of anilines is 2. The Morgan fingerprint density at radius 2 is 2.31 bits per heavy atom. The van der Waals surface area contributed by atoms with Crippen LogP contribution in [-0.4, -0.2) is 30.8 Å². The highest BCUT2D eigenvalue weighted by atomic mass is 16.5. The Balaban J connectivity index is 2.24. The number of rotatable bonds is 1. The lowest BCUT2D eigenvalue weighted by Gasteiger charge is -2.24. The van der Waals surface area contributed by atoms with E-state index >= 15 is 0 Å². The molecule has 1 unspecified atom stereocenters. The molecule has 0 radical (unpaired) electrons. The summed E-state index contributed by atoms with van der Waals surface area (Å²) in [5, 5.41) is 0. The van der Waals surface area contributed by atoms with Gasteiger partial charge in [-0.1, -0.05) is 0 Å². The second kappa shape index (κ2) is 4.70. The number of nitrogens with zero attached hydrogens (tertiary/aromatic N) is 2. The van der Waals surface area contributed by atoms with E-state index in [9.17, 15) is 0 Å². The lowest BCUT2D eigenvalue weighted by molar-refractivity contribution is 0.0820. The smallest absolute Gasteiger partial charge is 0.152 e. The monoisotopic (exact) mass is 221 g/mol. The maximum absolute atomic E-state index is 5.97. The average molecular weight is 221 g/mol. The van der Waals surface area contributed by atoms with Crippen LogP contribution in [0.1, 0.15) is 19.0 Å². The summed E-state index contributed by atoms with van der Waals surface area (Å²) < 4.78 is 5.61. The fraction of sp³-hybridized carbons (Fsp3) is 0.583. The van der Waals surface area contributed by atoms with Gasteiger partial charge in [-0.05, 0) is 32.4 Å². The number of nitrogen functional groups attached to an aromatic ring is 1. The Labute approximate surface area is 96.4 Å². The van der Waals surface area contributed by atoms with Crippen LogP contribution in [0, 0.1) is 6.92 Å². The molecule has 0 aliphatic carbocycles. The summed E-state index contributed by atoms with van der Waals surface area (Å²) in [5.41, 5.74) is 7.72. The SMILES string of the molecule is Cc1ccc(N)c(N2CCCOC(C)C2)n1. The molecule has 1 aliphatic rings. The van der Waals surface area contributed by atoms with Crippen molar-refractivity contribution in [2.24, 2.45) is 0 Å². The summed E-state index contributed by atoms with van der Waals surface area (Å²) in [7, 11) is 0. The molecule has 1 aliphatic heterocycles. The number of aryl methyl sites for hydroxylation is 1. The second-order valence-corrected chi connectivity index (χ2v) is 4.35. The molecule has 1 aromatic heterocycles. The Bertz CT molecular complexity index is 367. The molecule has 0 amide bonds. The van der Waals surface area contributed by atoms with E-state index in [1.807, 2.05) is 19.1 Å². The summed E-state index contributed by atoms with van der Waals surface area (Å²) in [6.07, 6.45) is 1.27. The van der Waals surface area contributed by atoms with Crippen molar-refractivity contribution in [1.82, 2.24) is 4.98 Å². The van der Waals surface area contributed by atoms with Gasteiger partial charge < -0.3 is 15.4 Å². The maximum Gasteiger partial charge on any atom is 0.152 e. The van der Waals surface area contributed by atoms with E-state index in [2.05, 4.69) is 16.8 Å². The number of ether oxygens (including phenoxy) is 1. The van der Waals surface area contributed by atoms with Crippen molar-refractivity contribution in [3.05, 3.63) is 17.8 Å². The van der Waals surface area contributed by atoms with Crippen molar-refractivity contribution in [3.63, 3.8) is 0 Å². The Kier molecular flexibility index (Phi) is 3.29. The first-order chi connectivity index (χ1) is 7.66. The molecular weight excluding hydrogens is 202 g/mol. The normalized spacial score (nSPS) is 21.9. The van der Waals surface area contributed by atoms with E-state index < -0.39 is 0 Å². The molecule has 1 aromatic rings. The van der Waals surface area contributed by atoms with Crippen LogP contribution in [0.15, 0.2) is 12.1 Å². The number of nitrogens with two attached hydrogens (primary N) is 1. The topological polar surface area (TPSA) is 51.4 Å². The van der Waals surface area contributed by atoms with Gasteiger partial charge in [0.25, 0.3) is 0 Å². The highest BCUT2D eigenvalue weighted by Gasteiger charge is 2.18. The molecule has 0 saturated carbocycles. The summed E-state index contributed by atoms with van der Waals surface area (Å²) in [4.78, 5) is 6.74. The molecule has 4 heteroatoms. The zero-order valence-electron chi connectivity index (χ0n) is 9.94. The standard InChI is InChI=1S/C12H19N3O/c1-9-4-5-11(13)12(14-9)15-6-3-7-16-10(2)8-15/h4-5,10H,3,6-8,13H2,1-2H3. The van der Waals surface area contributed by atoms with Gasteiger partial charge in [-0.15, -0.1) is 0 Å². The molecule has 2 N–H and O–H groups in total. The zero-order chi connectivity index (χ0) is 11.5. The quantitative estimate of drug-likeness (QED) is 0.782. The van der Waals surface area contributed by atoms with Gasteiger partial charge in [0.15, 0.2) is 5.82 Å². The molecule has 0 bridgehead atoms. The molecule has 88 valence electrons. The van der Waals surface area contributed by atoms with Gasteiger partial charge in [-0.3, -0.25) is 0 Å². The van der Waals surface area contributed by atoms with Crippen LogP contribution in [0.25, 0.3) is 0 Å². The van der Waals surface area contributed by atoms with Crippen LogP contribution in [0.2, 0.25) is 0 Å². The van der Waals surface area contributed by atoms with Gasteiger partial charge in [0, 0.05) is 25.4 Å². The minimum absolute atomic E-state index is 0.240. The number of pyridine rings is 1. The average Bonchev–Trinajstić information content (AvgIpc) is 2.46. The van der Waals surface area contributed by atoms with E-state index in [4.69, 9.17) is 10.5 Å². The van der Waals surface area contributed by atoms with Crippen LogP contribution in [-0.2, 0) is 4.74 Å². The van der Waals surface area contributed by atoms with E-state index in [0.29, 0.717) is 0 Å². The van der Waals surface area contributed by atoms with E-state index in [0.717, 1.165) is 43.3 Å². The largest absolute Gasteiger partial charge is 0.396 e. The molecule has 0 aromatic carbocycles. The maximum atomic E-state index is 5.97. The first-order valence-corrected chi connectivity index (χ1v) is 5.76. The first kappa shape index (κ1) is 11.2. The fourth-order valence-corrected chi connectivity index (χ4v) is 1.99. The third kappa shape index (κ3) is 2.44. The van der Waals surface area contributed by atoms with Crippen LogP contribution in [0.5, 0.6) is 0 Å². The van der Waals surface area contributed by atoms with Crippen LogP contribution >= 0.6 is 0 Å². The van der Waals surface area contributed by atoms with Crippen molar-refractivity contribution in [3.8, 4) is 0 Å². The lowest BCUT2D eigenvalue weighted by Crippen LogP contribution is -2.31. The number of hydrogen-bond acceptors (Lipinski definition) is 4. The Morgan fingerprint density at radius 3 is 3.12 bits per heavy atom. The molecule has 2 heterocycles. The summed E-state index contributed by atoms with van der Waals surface area (Å²) in [6, 6.07) is 3.87. The molecule has 0 spiro atoms. The zero-order valence-corrected chi connectivity index (χ0v) is 9.94. The van der Waals surface area contributed by atoms with Gasteiger partial charge in [0.1, 0.15) is 0 Å². The fourth-order valence-electron chi connectivity index (χ4n) is 1.99. The van der Waals surface area contributed by atoms with E-state index in [1.165, 1.54) is 0 Å². The molecule has 1 atom stereocenters. The lowest BCUT2D eigenvalue weighted by atomic mass is 10.3. The predicted octanol–water partition coefficient (Wildman–Crippen LogP) is 1.59. The van der Waals surface area contributed by atoms with Crippen LogP contribution < -0.4 is 10.6 Å². The Morgan fingerprint density at radius 1 is 1.50 bits per heavy atom. The van der Waals surface area contributed by atoms with Crippen molar-refractivity contribution in [2.75, 3.05) is 30.3 Å². The summed E-state index contributed by atoms with van der Waals surface area (Å²) >= 11 is 0. The summed E-state index contributed by atoms with van der Waals surface area (Å²) in [6.45, 7) is 6.72. The van der Waals surface area contributed by atoms with Gasteiger partial charge in [-0.25, -0.2) is 4.98 Å². The minimum Gasteiger partial charge on any atom is -0.396 e. The van der Waals surface area contributed by atoms with E-state index in [-0.39, 0.29) is 6.10 Å². The number of aromatic nitrogens is 1. The number of hydrogen-bond donors (Lipinski definition) is 1. The molecule has 4 nitrogen and oxygen atoms in total. The second-order valence-electron chi connectivity index (χ2n) is 4.35. The van der Waals surface area contributed by atoms with Gasteiger partial charge >= 0.3 is 0 Å². The van der Waals surface area contributed by atoms with Gasteiger partial charge in [0.05, 0.1) is 11.8 Å². The van der Waals surface area contributed by atoms with Crippen molar-refractivity contribution in [1.29, 1.82) is 0 Å².